The summed E-state index contributed by atoms with van der Waals surface area (Å²) in [5, 5.41) is 2.61. The van der Waals surface area contributed by atoms with Crippen LogP contribution in [-0.4, -0.2) is 0 Å². The maximum Gasteiger partial charge on any atom is 0.0257 e. The van der Waals surface area contributed by atoms with Crippen LogP contribution in [0, 0.1) is 3.57 Å². The van der Waals surface area contributed by atoms with E-state index in [9.17, 15) is 0 Å². The standard InChI is InChI=1S/C25H18BrI/c1-25(2)21-13-16(15-7-10-17(27)11-8-15)9-12-20(21)24-19-6-4-3-5-18(19)23(26)14-22(24)25/h3-14H,1-2H3. The number of rotatable bonds is 1. The van der Waals surface area contributed by atoms with Crippen molar-refractivity contribution in [3.05, 3.63) is 92.0 Å². The molecule has 132 valence electrons. The highest BCUT2D eigenvalue weighted by molar-refractivity contribution is 14.1. The van der Waals surface area contributed by atoms with Crippen LogP contribution in [0.5, 0.6) is 0 Å². The molecule has 4 aromatic rings. The van der Waals surface area contributed by atoms with E-state index in [1.165, 1.54) is 52.2 Å². The third kappa shape index (κ3) is 2.60. The van der Waals surface area contributed by atoms with E-state index in [0.29, 0.717) is 0 Å². The molecule has 0 unspecified atom stereocenters. The molecule has 0 aromatic heterocycles. The van der Waals surface area contributed by atoms with Crippen molar-refractivity contribution < 1.29 is 0 Å². The van der Waals surface area contributed by atoms with Crippen molar-refractivity contribution >= 4 is 49.3 Å². The molecule has 2 heteroatoms. The normalized spacial score (nSPS) is 14.2. The van der Waals surface area contributed by atoms with E-state index in [0.717, 1.165) is 0 Å². The Hall–Kier alpha value is -1.65. The lowest BCUT2D eigenvalue weighted by Crippen LogP contribution is -2.15. The molecule has 1 aliphatic rings. The third-order valence-electron chi connectivity index (χ3n) is 5.81. The highest BCUT2D eigenvalue weighted by Gasteiger charge is 2.37. The van der Waals surface area contributed by atoms with E-state index in [1.807, 2.05) is 0 Å². The van der Waals surface area contributed by atoms with E-state index >= 15 is 0 Å². The summed E-state index contributed by atoms with van der Waals surface area (Å²) < 4.78 is 2.44. The Labute approximate surface area is 181 Å². The van der Waals surface area contributed by atoms with Gasteiger partial charge in [-0.25, -0.2) is 0 Å². The molecule has 4 aromatic carbocycles. The summed E-state index contributed by atoms with van der Waals surface area (Å²) in [6.07, 6.45) is 0. The van der Waals surface area contributed by atoms with Crippen LogP contribution in [-0.2, 0) is 5.41 Å². The lowest BCUT2D eigenvalue weighted by atomic mass is 9.81. The fourth-order valence-electron chi connectivity index (χ4n) is 4.36. The van der Waals surface area contributed by atoms with Crippen molar-refractivity contribution in [1.29, 1.82) is 0 Å². The average molecular weight is 525 g/mol. The van der Waals surface area contributed by atoms with Gasteiger partial charge in [0, 0.05) is 13.5 Å². The highest BCUT2D eigenvalue weighted by atomic mass is 127. The fourth-order valence-corrected chi connectivity index (χ4v) is 5.29. The van der Waals surface area contributed by atoms with E-state index in [1.54, 1.807) is 0 Å². The van der Waals surface area contributed by atoms with Crippen LogP contribution in [0.3, 0.4) is 0 Å². The van der Waals surface area contributed by atoms with Crippen LogP contribution in [0.15, 0.2) is 77.3 Å². The molecule has 0 aliphatic heterocycles. The Morgan fingerprint density at radius 2 is 1.41 bits per heavy atom. The number of benzene rings is 4. The van der Waals surface area contributed by atoms with Gasteiger partial charge >= 0.3 is 0 Å². The second-order valence-electron chi connectivity index (χ2n) is 7.72. The topological polar surface area (TPSA) is 0 Å². The quantitative estimate of drug-likeness (QED) is 0.220. The predicted octanol–water partition coefficient (Wildman–Crippen LogP) is 8.18. The maximum absolute atomic E-state index is 3.80. The number of hydrogen-bond acceptors (Lipinski definition) is 0. The van der Waals surface area contributed by atoms with Gasteiger partial charge in [0.2, 0.25) is 0 Å². The van der Waals surface area contributed by atoms with Crippen LogP contribution in [0.2, 0.25) is 0 Å². The second kappa shape index (κ2) is 6.18. The maximum atomic E-state index is 3.80. The molecule has 0 atom stereocenters. The number of halogens is 2. The van der Waals surface area contributed by atoms with Gasteiger partial charge in [-0.2, -0.15) is 0 Å². The summed E-state index contributed by atoms with van der Waals surface area (Å²) in [5.41, 5.74) is 8.12. The van der Waals surface area contributed by atoms with Crippen molar-refractivity contribution in [2.75, 3.05) is 0 Å². The summed E-state index contributed by atoms with van der Waals surface area (Å²) >= 11 is 6.16. The average Bonchev–Trinajstić information content (AvgIpc) is 2.90. The van der Waals surface area contributed by atoms with Crippen LogP contribution >= 0.6 is 38.5 Å². The van der Waals surface area contributed by atoms with E-state index < -0.39 is 0 Å². The first kappa shape index (κ1) is 17.4. The van der Waals surface area contributed by atoms with Crippen LogP contribution in [0.25, 0.3) is 33.0 Å². The minimum Gasteiger partial charge on any atom is -0.0616 e. The summed E-state index contributed by atoms with van der Waals surface area (Å²) in [6, 6.07) is 26.8. The SMILES string of the molecule is CC1(C)c2cc(-c3ccc(I)cc3)ccc2-c2c1cc(Br)c1ccccc21. The Morgan fingerprint density at radius 3 is 2.15 bits per heavy atom. The molecule has 0 heterocycles. The first-order valence-electron chi connectivity index (χ1n) is 9.09. The lowest BCUT2D eigenvalue weighted by Gasteiger charge is -2.22. The van der Waals surface area contributed by atoms with Gasteiger partial charge in [-0.15, -0.1) is 0 Å². The van der Waals surface area contributed by atoms with E-state index in [2.05, 4.69) is 125 Å². The molecule has 0 spiro atoms. The van der Waals surface area contributed by atoms with Gasteiger partial charge < -0.3 is 0 Å². The summed E-state index contributed by atoms with van der Waals surface area (Å²) in [4.78, 5) is 0. The zero-order valence-electron chi connectivity index (χ0n) is 15.2. The van der Waals surface area contributed by atoms with Gasteiger partial charge in [-0.1, -0.05) is 78.3 Å². The molecule has 5 rings (SSSR count). The number of hydrogen-bond donors (Lipinski definition) is 0. The first-order valence-corrected chi connectivity index (χ1v) is 11.0. The molecule has 1 aliphatic carbocycles. The van der Waals surface area contributed by atoms with Crippen LogP contribution in [0.4, 0.5) is 0 Å². The van der Waals surface area contributed by atoms with Gasteiger partial charge in [0.1, 0.15) is 0 Å². The summed E-state index contributed by atoms with van der Waals surface area (Å²) in [7, 11) is 0. The van der Waals surface area contributed by atoms with Crippen molar-refractivity contribution in [2.24, 2.45) is 0 Å². The molecule has 0 N–H and O–H groups in total. The lowest BCUT2D eigenvalue weighted by molar-refractivity contribution is 0.660. The van der Waals surface area contributed by atoms with E-state index in [-0.39, 0.29) is 5.41 Å². The minimum atomic E-state index is -0.0174. The molecule has 0 amide bonds. The molecule has 0 bridgehead atoms. The Balaban J connectivity index is 1.79. The van der Waals surface area contributed by atoms with Crippen molar-refractivity contribution in [1.82, 2.24) is 0 Å². The van der Waals surface area contributed by atoms with Gasteiger partial charge in [0.05, 0.1) is 0 Å². The molecular weight excluding hydrogens is 507 g/mol. The predicted molar refractivity (Wildman–Crippen MR) is 127 cm³/mol. The largest absolute Gasteiger partial charge is 0.0616 e. The minimum absolute atomic E-state index is 0.0174. The van der Waals surface area contributed by atoms with Gasteiger partial charge in [0.25, 0.3) is 0 Å². The highest BCUT2D eigenvalue weighted by Crippen LogP contribution is 2.53. The second-order valence-corrected chi connectivity index (χ2v) is 9.82. The molecule has 0 saturated carbocycles. The first-order chi connectivity index (χ1) is 13.0. The van der Waals surface area contributed by atoms with Gasteiger partial charge in [-0.3, -0.25) is 0 Å². The fraction of sp³-hybridized carbons (Fsp3) is 0.120. The van der Waals surface area contributed by atoms with Crippen molar-refractivity contribution in [3.8, 4) is 22.3 Å². The molecule has 27 heavy (non-hydrogen) atoms. The molecule has 0 saturated heterocycles. The Bertz CT molecular complexity index is 1200. The van der Waals surface area contributed by atoms with Gasteiger partial charge in [-0.05, 0) is 91.0 Å². The number of fused-ring (bicyclic) bond motifs is 5. The van der Waals surface area contributed by atoms with E-state index in [4.69, 9.17) is 0 Å². The summed E-state index contributed by atoms with van der Waals surface area (Å²) in [5.74, 6) is 0. The Morgan fingerprint density at radius 1 is 0.741 bits per heavy atom. The monoisotopic (exact) mass is 524 g/mol. The van der Waals surface area contributed by atoms with Crippen molar-refractivity contribution in [2.45, 2.75) is 19.3 Å². The zero-order chi connectivity index (χ0) is 18.8. The molecular formula is C25H18BrI. The van der Waals surface area contributed by atoms with Crippen LogP contribution in [0.1, 0.15) is 25.0 Å². The molecule has 0 nitrogen and oxygen atoms in total. The van der Waals surface area contributed by atoms with Gasteiger partial charge in [0.15, 0.2) is 0 Å². The molecule has 0 fully saturated rings. The summed E-state index contributed by atoms with van der Waals surface area (Å²) in [6.45, 7) is 4.69. The molecule has 0 radical (unpaired) electrons. The van der Waals surface area contributed by atoms with Crippen molar-refractivity contribution in [3.63, 3.8) is 0 Å². The smallest absolute Gasteiger partial charge is 0.0257 e. The zero-order valence-corrected chi connectivity index (χ0v) is 18.9. The Kier molecular flexibility index (Phi) is 3.99. The third-order valence-corrected chi connectivity index (χ3v) is 7.18. The van der Waals surface area contributed by atoms with Crippen LogP contribution < -0.4 is 0 Å².